The summed E-state index contributed by atoms with van der Waals surface area (Å²) in [4.78, 5) is 13.7. The Morgan fingerprint density at radius 1 is 1.10 bits per heavy atom. The van der Waals surface area contributed by atoms with E-state index in [0.717, 1.165) is 55.1 Å². The number of methoxy groups -OCH3 is 1. The number of nitrogens with one attached hydrogen (secondary N) is 2. The SMILES string of the molecule is CNC(=O)CN1CCC(NCc2ccc(OCc3ccc(Cl)cc3)c(OC)c2)CC1. The molecule has 2 aromatic carbocycles. The molecular formula is C23H30ClN3O3. The zero-order valence-corrected chi connectivity index (χ0v) is 18.4. The third-order valence-electron chi connectivity index (χ3n) is 5.36. The van der Waals surface area contributed by atoms with E-state index in [1.165, 1.54) is 0 Å². The van der Waals surface area contributed by atoms with Crippen LogP contribution in [0.5, 0.6) is 11.5 Å². The highest BCUT2D eigenvalue weighted by Gasteiger charge is 2.20. The average molecular weight is 432 g/mol. The lowest BCUT2D eigenvalue weighted by Crippen LogP contribution is -2.45. The number of likely N-dealkylation sites (N-methyl/N-ethyl adjacent to an activating group) is 1. The first kappa shape index (κ1) is 22.4. The summed E-state index contributed by atoms with van der Waals surface area (Å²) in [6.45, 7) is 3.59. The quantitative estimate of drug-likeness (QED) is 0.638. The number of benzene rings is 2. The van der Waals surface area contributed by atoms with Gasteiger partial charge in [0, 0.05) is 37.7 Å². The van der Waals surface area contributed by atoms with Crippen LogP contribution in [0.25, 0.3) is 0 Å². The summed E-state index contributed by atoms with van der Waals surface area (Å²) in [5.41, 5.74) is 2.20. The first-order valence-corrected chi connectivity index (χ1v) is 10.7. The second kappa shape index (κ2) is 11.2. The van der Waals surface area contributed by atoms with E-state index >= 15 is 0 Å². The zero-order chi connectivity index (χ0) is 21.3. The van der Waals surface area contributed by atoms with Crippen LogP contribution in [0.2, 0.25) is 5.02 Å². The maximum atomic E-state index is 11.5. The number of rotatable bonds is 9. The fraction of sp³-hybridized carbons (Fsp3) is 0.435. The maximum absolute atomic E-state index is 11.5. The average Bonchev–Trinajstić information content (AvgIpc) is 2.78. The Hall–Kier alpha value is -2.28. The molecule has 0 saturated carbocycles. The Labute approximate surface area is 183 Å². The number of halogens is 1. The van der Waals surface area contributed by atoms with Crippen LogP contribution in [0, 0.1) is 0 Å². The molecule has 0 aromatic heterocycles. The van der Waals surface area contributed by atoms with Crippen LogP contribution < -0.4 is 20.1 Å². The van der Waals surface area contributed by atoms with Gasteiger partial charge in [-0.2, -0.15) is 0 Å². The smallest absolute Gasteiger partial charge is 0.233 e. The molecular weight excluding hydrogens is 402 g/mol. The van der Waals surface area contributed by atoms with Gasteiger partial charge in [-0.05, 0) is 48.2 Å². The van der Waals surface area contributed by atoms with Crippen molar-refractivity contribution in [2.75, 3.05) is 33.8 Å². The molecule has 1 aliphatic rings. The first-order chi connectivity index (χ1) is 14.6. The number of amides is 1. The molecule has 1 saturated heterocycles. The van der Waals surface area contributed by atoms with Gasteiger partial charge in [-0.1, -0.05) is 29.8 Å². The van der Waals surface area contributed by atoms with Gasteiger partial charge in [0.25, 0.3) is 0 Å². The molecule has 6 nitrogen and oxygen atoms in total. The second-order valence-electron chi connectivity index (χ2n) is 7.50. The molecule has 0 unspecified atom stereocenters. The highest BCUT2D eigenvalue weighted by Crippen LogP contribution is 2.29. The van der Waals surface area contributed by atoms with Crippen LogP contribution in [-0.4, -0.2) is 50.6 Å². The van der Waals surface area contributed by atoms with E-state index in [1.54, 1.807) is 14.2 Å². The van der Waals surface area contributed by atoms with Crippen LogP contribution in [0.1, 0.15) is 24.0 Å². The van der Waals surface area contributed by atoms with Crippen molar-refractivity contribution >= 4 is 17.5 Å². The molecule has 0 atom stereocenters. The van der Waals surface area contributed by atoms with E-state index in [4.69, 9.17) is 21.1 Å². The molecule has 1 fully saturated rings. The predicted octanol–water partition coefficient (Wildman–Crippen LogP) is 3.23. The van der Waals surface area contributed by atoms with Crippen LogP contribution in [0.4, 0.5) is 0 Å². The Morgan fingerprint density at radius 3 is 2.47 bits per heavy atom. The largest absolute Gasteiger partial charge is 0.493 e. The molecule has 2 aromatic rings. The number of carbonyl (C=O) groups excluding carboxylic acids is 1. The highest BCUT2D eigenvalue weighted by molar-refractivity contribution is 6.30. The van der Waals surface area contributed by atoms with Crippen molar-refractivity contribution in [2.24, 2.45) is 0 Å². The molecule has 1 amide bonds. The van der Waals surface area contributed by atoms with Crippen molar-refractivity contribution in [3.63, 3.8) is 0 Å². The summed E-state index contributed by atoms with van der Waals surface area (Å²) in [5.74, 6) is 1.52. The van der Waals surface area contributed by atoms with Crippen molar-refractivity contribution in [3.8, 4) is 11.5 Å². The minimum atomic E-state index is 0.0758. The topological polar surface area (TPSA) is 62.8 Å². The summed E-state index contributed by atoms with van der Waals surface area (Å²) in [7, 11) is 3.34. The van der Waals surface area contributed by atoms with Crippen LogP contribution >= 0.6 is 11.6 Å². The van der Waals surface area contributed by atoms with E-state index < -0.39 is 0 Å². The first-order valence-electron chi connectivity index (χ1n) is 10.3. The third-order valence-corrected chi connectivity index (χ3v) is 5.62. The Morgan fingerprint density at radius 2 is 1.80 bits per heavy atom. The maximum Gasteiger partial charge on any atom is 0.233 e. The Bertz CT molecular complexity index is 821. The number of hydrogen-bond donors (Lipinski definition) is 2. The van der Waals surface area contributed by atoms with Gasteiger partial charge in [-0.25, -0.2) is 0 Å². The van der Waals surface area contributed by atoms with Crippen LogP contribution in [0.3, 0.4) is 0 Å². The second-order valence-corrected chi connectivity index (χ2v) is 7.94. The number of nitrogens with zero attached hydrogens (tertiary/aromatic N) is 1. The third kappa shape index (κ3) is 6.62. The van der Waals surface area contributed by atoms with Gasteiger partial charge in [-0.15, -0.1) is 0 Å². The molecule has 0 radical (unpaired) electrons. The Balaban J connectivity index is 1.48. The lowest BCUT2D eigenvalue weighted by Gasteiger charge is -2.31. The van der Waals surface area contributed by atoms with E-state index in [1.807, 2.05) is 36.4 Å². The van der Waals surface area contributed by atoms with Gasteiger partial charge < -0.3 is 20.1 Å². The molecule has 1 aliphatic heterocycles. The standard InChI is InChI=1S/C23H30ClN3O3/c1-25-23(28)15-27-11-9-20(10-12-27)26-14-18-5-8-21(22(13-18)29-2)30-16-17-3-6-19(24)7-4-17/h3-8,13,20,26H,9-12,14-16H2,1-2H3,(H,25,28). The lowest BCUT2D eigenvalue weighted by molar-refractivity contribution is -0.122. The molecule has 0 spiro atoms. The zero-order valence-electron chi connectivity index (χ0n) is 17.6. The van der Waals surface area contributed by atoms with Gasteiger partial charge in [0.2, 0.25) is 5.91 Å². The van der Waals surface area contributed by atoms with E-state index in [-0.39, 0.29) is 5.91 Å². The summed E-state index contributed by atoms with van der Waals surface area (Å²) in [6.07, 6.45) is 2.08. The Kier molecular flexibility index (Phi) is 8.37. The van der Waals surface area contributed by atoms with E-state index in [0.29, 0.717) is 24.2 Å². The molecule has 30 heavy (non-hydrogen) atoms. The van der Waals surface area contributed by atoms with Gasteiger partial charge in [0.1, 0.15) is 6.61 Å². The van der Waals surface area contributed by atoms with Gasteiger partial charge in [-0.3, -0.25) is 9.69 Å². The van der Waals surface area contributed by atoms with Crippen LogP contribution in [0.15, 0.2) is 42.5 Å². The van der Waals surface area contributed by atoms with Crippen molar-refractivity contribution in [1.82, 2.24) is 15.5 Å². The lowest BCUT2D eigenvalue weighted by atomic mass is 10.0. The van der Waals surface area contributed by atoms with Gasteiger partial charge in [0.15, 0.2) is 11.5 Å². The van der Waals surface area contributed by atoms with Crippen molar-refractivity contribution in [1.29, 1.82) is 0 Å². The monoisotopic (exact) mass is 431 g/mol. The predicted molar refractivity (Wildman–Crippen MR) is 119 cm³/mol. The molecule has 1 heterocycles. The molecule has 0 bridgehead atoms. The van der Waals surface area contributed by atoms with E-state index in [2.05, 4.69) is 21.6 Å². The highest BCUT2D eigenvalue weighted by atomic mass is 35.5. The summed E-state index contributed by atoms with van der Waals surface area (Å²) < 4.78 is 11.5. The molecule has 0 aliphatic carbocycles. The number of piperidine rings is 1. The fourth-order valence-electron chi connectivity index (χ4n) is 3.52. The number of likely N-dealkylation sites (tertiary alicyclic amines) is 1. The van der Waals surface area contributed by atoms with Crippen molar-refractivity contribution in [2.45, 2.75) is 32.0 Å². The molecule has 7 heteroatoms. The summed E-state index contributed by atoms with van der Waals surface area (Å²) >= 11 is 5.93. The van der Waals surface area contributed by atoms with Gasteiger partial charge >= 0.3 is 0 Å². The van der Waals surface area contributed by atoms with Crippen molar-refractivity contribution < 1.29 is 14.3 Å². The number of carbonyl (C=O) groups is 1. The summed E-state index contributed by atoms with van der Waals surface area (Å²) in [6, 6.07) is 14.1. The molecule has 3 rings (SSSR count). The number of hydrogen-bond acceptors (Lipinski definition) is 5. The number of ether oxygens (including phenoxy) is 2. The minimum absolute atomic E-state index is 0.0758. The summed E-state index contributed by atoms with van der Waals surface area (Å²) in [5, 5.41) is 7.02. The van der Waals surface area contributed by atoms with E-state index in [9.17, 15) is 4.79 Å². The van der Waals surface area contributed by atoms with Crippen LogP contribution in [-0.2, 0) is 17.9 Å². The minimum Gasteiger partial charge on any atom is -0.493 e. The molecule has 162 valence electrons. The van der Waals surface area contributed by atoms with Gasteiger partial charge in [0.05, 0.1) is 13.7 Å². The molecule has 2 N–H and O–H groups in total. The fourth-order valence-corrected chi connectivity index (χ4v) is 3.65. The van der Waals surface area contributed by atoms with Crippen molar-refractivity contribution in [3.05, 3.63) is 58.6 Å². The normalized spacial score (nSPS) is 15.0.